The van der Waals surface area contributed by atoms with Crippen molar-refractivity contribution in [3.05, 3.63) is 85.1 Å². The Kier molecular flexibility index (Phi) is 38.5. The second kappa shape index (κ2) is 40.3. The lowest BCUT2D eigenvalue weighted by Crippen LogP contribution is -2.29. The molecule has 0 saturated carbocycles. The highest BCUT2D eigenvalue weighted by Gasteiger charge is 2.26. The number of allylic oxidation sites excluding steroid dienone is 14. The van der Waals surface area contributed by atoms with Crippen molar-refractivity contribution in [1.82, 2.24) is 0 Å². The molecule has 0 aliphatic heterocycles. The molecule has 0 aromatic heterocycles. The van der Waals surface area contributed by atoms with Crippen LogP contribution in [-0.2, 0) is 27.9 Å². The van der Waals surface area contributed by atoms with E-state index in [2.05, 4.69) is 98.9 Å². The number of aliphatic hydroxyl groups is 2. The average molecular weight is 779 g/mol. The highest BCUT2D eigenvalue weighted by Crippen LogP contribution is 2.43. The summed E-state index contributed by atoms with van der Waals surface area (Å²) in [5, 5.41) is 18.3. The number of ether oxygens (including phenoxy) is 2. The van der Waals surface area contributed by atoms with Crippen LogP contribution in [0, 0.1) is 0 Å². The van der Waals surface area contributed by atoms with E-state index in [4.69, 9.17) is 23.6 Å². The summed E-state index contributed by atoms with van der Waals surface area (Å²) in [6.45, 7) is 3.17. The van der Waals surface area contributed by atoms with Gasteiger partial charge in [0.25, 0.3) is 0 Å². The Morgan fingerprint density at radius 3 is 1.59 bits per heavy atom. The Labute approximate surface area is 328 Å². The molecule has 10 heteroatoms. The van der Waals surface area contributed by atoms with E-state index < -0.39 is 45.8 Å². The maximum absolute atomic E-state index is 12.6. The zero-order valence-electron chi connectivity index (χ0n) is 33.7. The number of aliphatic hydroxyl groups excluding tert-OH is 2. The fraction of sp³-hybridized carbons (Fsp3) is 0.659. The third-order valence-corrected chi connectivity index (χ3v) is 9.02. The van der Waals surface area contributed by atoms with E-state index in [1.807, 2.05) is 0 Å². The largest absolute Gasteiger partial charge is 0.472 e. The topological polar surface area (TPSA) is 132 Å². The van der Waals surface area contributed by atoms with Crippen LogP contribution in [0.15, 0.2) is 85.1 Å². The number of phosphoric acid groups is 1. The first-order valence-corrected chi connectivity index (χ1v) is 22.1. The molecule has 54 heavy (non-hydrogen) atoms. The van der Waals surface area contributed by atoms with Gasteiger partial charge < -0.3 is 24.6 Å². The summed E-state index contributed by atoms with van der Waals surface area (Å²) in [7, 11) is -4.54. The lowest BCUT2D eigenvalue weighted by molar-refractivity contribution is -0.154. The quantitative estimate of drug-likeness (QED) is 0.0242. The van der Waals surface area contributed by atoms with Gasteiger partial charge in [0, 0.05) is 13.0 Å². The Morgan fingerprint density at radius 2 is 1.06 bits per heavy atom. The highest BCUT2D eigenvalue weighted by molar-refractivity contribution is 7.47. The van der Waals surface area contributed by atoms with Gasteiger partial charge >= 0.3 is 13.8 Å². The molecule has 3 atom stereocenters. The minimum absolute atomic E-state index is 0.000478. The molecule has 0 heterocycles. The van der Waals surface area contributed by atoms with Gasteiger partial charge in [-0.15, -0.1) is 0 Å². The monoisotopic (exact) mass is 779 g/mol. The van der Waals surface area contributed by atoms with Crippen LogP contribution in [-0.4, -0.2) is 66.3 Å². The second-order valence-corrected chi connectivity index (χ2v) is 14.7. The molecule has 0 rings (SSSR count). The van der Waals surface area contributed by atoms with Crippen LogP contribution >= 0.6 is 7.82 Å². The van der Waals surface area contributed by atoms with Gasteiger partial charge in [-0.1, -0.05) is 137 Å². The van der Waals surface area contributed by atoms with Crippen molar-refractivity contribution >= 4 is 13.8 Å². The normalized spacial score (nSPS) is 15.0. The molecule has 9 nitrogen and oxygen atoms in total. The molecule has 0 amide bonds. The first-order chi connectivity index (χ1) is 26.3. The van der Waals surface area contributed by atoms with Crippen LogP contribution in [0.25, 0.3) is 0 Å². The van der Waals surface area contributed by atoms with Gasteiger partial charge in [0.05, 0.1) is 26.4 Å². The molecule has 0 aromatic rings. The number of hydrogen-bond donors (Lipinski definition) is 3. The predicted molar refractivity (Wildman–Crippen MR) is 223 cm³/mol. The third kappa shape index (κ3) is 39.3. The first-order valence-electron chi connectivity index (χ1n) is 20.6. The van der Waals surface area contributed by atoms with Gasteiger partial charge in [-0.3, -0.25) is 13.8 Å². The number of rotatable bonds is 38. The Morgan fingerprint density at radius 1 is 0.593 bits per heavy atom. The summed E-state index contributed by atoms with van der Waals surface area (Å²) in [4.78, 5) is 22.5. The summed E-state index contributed by atoms with van der Waals surface area (Å²) in [5.74, 6) is -0.418. The maximum Gasteiger partial charge on any atom is 0.472 e. The molecular weight excluding hydrogens is 703 g/mol. The summed E-state index contributed by atoms with van der Waals surface area (Å²) < 4.78 is 33.2. The van der Waals surface area contributed by atoms with Crippen molar-refractivity contribution in [2.75, 3.05) is 33.0 Å². The van der Waals surface area contributed by atoms with Crippen LogP contribution < -0.4 is 0 Å². The Hall–Kier alpha value is -2.36. The molecule has 0 radical (unpaired) electrons. The van der Waals surface area contributed by atoms with Crippen LogP contribution in [0.3, 0.4) is 0 Å². The van der Waals surface area contributed by atoms with E-state index in [-0.39, 0.29) is 13.0 Å². The molecule has 0 fully saturated rings. The van der Waals surface area contributed by atoms with Crippen molar-refractivity contribution in [3.8, 4) is 0 Å². The van der Waals surface area contributed by atoms with Gasteiger partial charge in [0.1, 0.15) is 12.2 Å². The highest BCUT2D eigenvalue weighted by atomic mass is 31.2. The maximum atomic E-state index is 12.6. The smallest absolute Gasteiger partial charge is 0.457 e. The molecule has 0 aliphatic carbocycles. The van der Waals surface area contributed by atoms with Crippen LogP contribution in [0.5, 0.6) is 0 Å². The summed E-state index contributed by atoms with van der Waals surface area (Å²) in [6.07, 6.45) is 48.4. The molecule has 0 saturated heterocycles. The fourth-order valence-corrected chi connectivity index (χ4v) is 5.74. The third-order valence-electron chi connectivity index (χ3n) is 8.06. The van der Waals surface area contributed by atoms with Crippen LogP contribution in [0.1, 0.15) is 142 Å². The predicted octanol–water partition coefficient (Wildman–Crippen LogP) is 11.1. The van der Waals surface area contributed by atoms with Crippen LogP contribution in [0.2, 0.25) is 0 Å². The zero-order valence-corrected chi connectivity index (χ0v) is 34.5. The first kappa shape index (κ1) is 51.6. The summed E-state index contributed by atoms with van der Waals surface area (Å²) in [5.41, 5.74) is 0. The molecule has 3 unspecified atom stereocenters. The molecule has 0 bridgehead atoms. The van der Waals surface area contributed by atoms with E-state index in [1.165, 1.54) is 25.7 Å². The van der Waals surface area contributed by atoms with Crippen molar-refractivity contribution in [2.24, 2.45) is 0 Å². The minimum Gasteiger partial charge on any atom is -0.457 e. The Bertz CT molecular complexity index is 1110. The lowest BCUT2D eigenvalue weighted by Gasteiger charge is -2.20. The zero-order chi connectivity index (χ0) is 39.6. The van der Waals surface area contributed by atoms with Gasteiger partial charge in [-0.25, -0.2) is 4.57 Å². The van der Waals surface area contributed by atoms with Crippen molar-refractivity contribution in [3.63, 3.8) is 0 Å². The number of unbranched alkanes of at least 4 members (excludes halogenated alkanes) is 10. The molecule has 310 valence electrons. The SMILES string of the molecule is CC/C=C\C/C=C\C/C=C\C/C=C\CCCOCC(COP(=O)(O)OCC(O)CO)OC(=O)CCCCCCCC/C=C\C/C=C\C/C=C\CCCCC. The summed E-state index contributed by atoms with van der Waals surface area (Å²) >= 11 is 0. The number of esters is 1. The number of hydrogen-bond acceptors (Lipinski definition) is 8. The minimum atomic E-state index is -4.54. The van der Waals surface area contributed by atoms with Crippen molar-refractivity contribution in [1.29, 1.82) is 0 Å². The van der Waals surface area contributed by atoms with Gasteiger partial charge in [-0.05, 0) is 83.5 Å². The molecular formula is C44H75O9P. The van der Waals surface area contributed by atoms with Crippen molar-refractivity contribution < 1.29 is 43.0 Å². The average Bonchev–Trinajstić information content (AvgIpc) is 3.16. The van der Waals surface area contributed by atoms with E-state index in [0.29, 0.717) is 13.0 Å². The molecule has 3 N–H and O–H groups in total. The number of phosphoric ester groups is 1. The Balaban J connectivity index is 4.32. The van der Waals surface area contributed by atoms with Crippen LogP contribution in [0.4, 0.5) is 0 Å². The number of carbonyl (C=O) groups excluding carboxylic acids is 1. The van der Waals surface area contributed by atoms with E-state index in [1.54, 1.807) is 0 Å². The van der Waals surface area contributed by atoms with Gasteiger partial charge in [0.2, 0.25) is 0 Å². The molecule has 0 aliphatic rings. The lowest BCUT2D eigenvalue weighted by atomic mass is 10.1. The molecule has 0 aromatic carbocycles. The number of carbonyl (C=O) groups is 1. The molecule has 0 spiro atoms. The van der Waals surface area contributed by atoms with Gasteiger partial charge in [-0.2, -0.15) is 0 Å². The van der Waals surface area contributed by atoms with Crippen molar-refractivity contribution in [2.45, 2.75) is 154 Å². The van der Waals surface area contributed by atoms with Gasteiger partial charge in [0.15, 0.2) is 0 Å². The second-order valence-electron chi connectivity index (χ2n) is 13.3. The van der Waals surface area contributed by atoms with E-state index in [0.717, 1.165) is 89.9 Å². The van der Waals surface area contributed by atoms with E-state index >= 15 is 0 Å². The standard InChI is InChI=1S/C44H75O9P/c1-3-5-7-9-11-13-15-17-19-20-21-22-23-24-26-28-30-32-34-36-44(47)53-43(41-52-54(48,49)51-39-42(46)38-45)40-50-37-35-33-31-29-27-25-18-16-14-12-10-8-6-4-2/h6,8,11-14,17-19,21-22,25,29,31,42-43,45-46H,3-5,7,9-10,15-16,20,23-24,26-28,30,32-41H2,1-2H3,(H,48,49)/b8-6-,13-11-,14-12-,19-17-,22-21-,25-18-,31-29-. The van der Waals surface area contributed by atoms with E-state index in [9.17, 15) is 19.4 Å². The summed E-state index contributed by atoms with van der Waals surface area (Å²) in [6, 6.07) is 0. The fourth-order valence-electron chi connectivity index (χ4n) is 4.95.